The first-order valence-electron chi connectivity index (χ1n) is 4.80. The standard InChI is InChI=1S/C10H21B/c1-4-10(11)8-6-5-7-9(2)3/h7,10H,4-6,8,11H2,1-3H3/t10-/m0/s1. The SMILES string of the molecule is B[C@@H](CC)CCCC=C(C)C. The van der Waals surface area contributed by atoms with E-state index in [1.807, 2.05) is 0 Å². The second-order valence-corrected chi connectivity index (χ2v) is 3.73. The number of unbranched alkanes of at least 4 members (excludes halogenated alkanes) is 1. The Morgan fingerprint density at radius 3 is 2.55 bits per heavy atom. The molecule has 0 aromatic carbocycles. The van der Waals surface area contributed by atoms with Crippen molar-refractivity contribution in [1.29, 1.82) is 0 Å². The topological polar surface area (TPSA) is 0 Å². The number of hydrogen-bond acceptors (Lipinski definition) is 0. The Bertz CT molecular complexity index is 112. The lowest BCUT2D eigenvalue weighted by Gasteiger charge is -2.05. The molecule has 0 N–H and O–H groups in total. The van der Waals surface area contributed by atoms with Crippen molar-refractivity contribution in [3.63, 3.8) is 0 Å². The molecule has 0 aliphatic rings. The summed E-state index contributed by atoms with van der Waals surface area (Å²) >= 11 is 0. The highest BCUT2D eigenvalue weighted by atomic mass is 14.0. The van der Waals surface area contributed by atoms with Crippen LogP contribution in [0.4, 0.5) is 0 Å². The lowest BCUT2D eigenvalue weighted by Crippen LogP contribution is -1.89. The van der Waals surface area contributed by atoms with Crippen LogP contribution in [-0.2, 0) is 0 Å². The van der Waals surface area contributed by atoms with Gasteiger partial charge in [0.1, 0.15) is 7.85 Å². The highest BCUT2D eigenvalue weighted by Crippen LogP contribution is 2.14. The Balaban J connectivity index is 3.21. The summed E-state index contributed by atoms with van der Waals surface area (Å²) < 4.78 is 0. The molecule has 0 nitrogen and oxygen atoms in total. The molecule has 0 radical (unpaired) electrons. The highest BCUT2D eigenvalue weighted by Gasteiger charge is 1.96. The smallest absolute Gasteiger partial charge is 0.0859 e. The van der Waals surface area contributed by atoms with Crippen LogP contribution in [0.3, 0.4) is 0 Å². The van der Waals surface area contributed by atoms with Crippen molar-refractivity contribution in [1.82, 2.24) is 0 Å². The van der Waals surface area contributed by atoms with Gasteiger partial charge in [-0.2, -0.15) is 0 Å². The van der Waals surface area contributed by atoms with Crippen molar-refractivity contribution in [2.24, 2.45) is 0 Å². The minimum Gasteiger partial charge on any atom is -0.0859 e. The van der Waals surface area contributed by atoms with E-state index >= 15 is 0 Å². The van der Waals surface area contributed by atoms with Crippen LogP contribution in [0.2, 0.25) is 5.82 Å². The number of rotatable bonds is 5. The molecule has 0 unspecified atom stereocenters. The zero-order valence-electron chi connectivity index (χ0n) is 8.48. The molecule has 0 aromatic heterocycles. The summed E-state index contributed by atoms with van der Waals surface area (Å²) in [7, 11) is 2.34. The van der Waals surface area contributed by atoms with E-state index in [-0.39, 0.29) is 0 Å². The van der Waals surface area contributed by atoms with E-state index in [0.717, 1.165) is 5.82 Å². The van der Waals surface area contributed by atoms with Crippen LogP contribution < -0.4 is 0 Å². The first-order valence-corrected chi connectivity index (χ1v) is 4.80. The molecule has 0 spiro atoms. The van der Waals surface area contributed by atoms with Crippen LogP contribution >= 0.6 is 0 Å². The maximum Gasteiger partial charge on any atom is 0.105 e. The van der Waals surface area contributed by atoms with Crippen molar-refractivity contribution in [2.75, 3.05) is 0 Å². The van der Waals surface area contributed by atoms with Crippen molar-refractivity contribution >= 4 is 7.85 Å². The van der Waals surface area contributed by atoms with Crippen LogP contribution in [0.15, 0.2) is 11.6 Å². The number of hydrogen-bond donors (Lipinski definition) is 0. The lowest BCUT2D eigenvalue weighted by molar-refractivity contribution is 0.672. The van der Waals surface area contributed by atoms with Crippen molar-refractivity contribution in [3.05, 3.63) is 11.6 Å². The molecular weight excluding hydrogens is 131 g/mol. The zero-order valence-corrected chi connectivity index (χ0v) is 8.48. The second kappa shape index (κ2) is 6.51. The molecule has 0 saturated heterocycles. The summed E-state index contributed by atoms with van der Waals surface area (Å²) in [4.78, 5) is 0. The predicted molar refractivity (Wildman–Crippen MR) is 55.9 cm³/mol. The lowest BCUT2D eigenvalue weighted by atomic mass is 9.81. The summed E-state index contributed by atoms with van der Waals surface area (Å²) in [5.41, 5.74) is 1.45. The summed E-state index contributed by atoms with van der Waals surface area (Å²) in [6.07, 6.45) is 7.68. The Labute approximate surface area is 72.5 Å². The van der Waals surface area contributed by atoms with Gasteiger partial charge in [-0.1, -0.05) is 43.7 Å². The van der Waals surface area contributed by atoms with E-state index in [4.69, 9.17) is 0 Å². The van der Waals surface area contributed by atoms with Gasteiger partial charge in [0.25, 0.3) is 0 Å². The quantitative estimate of drug-likeness (QED) is 0.322. The Hall–Kier alpha value is -0.195. The Kier molecular flexibility index (Phi) is 6.40. The first-order chi connectivity index (χ1) is 5.16. The molecule has 0 aliphatic heterocycles. The third-order valence-electron chi connectivity index (χ3n) is 2.15. The predicted octanol–water partition coefficient (Wildman–Crippen LogP) is 2.95. The van der Waals surface area contributed by atoms with Crippen molar-refractivity contribution in [3.8, 4) is 0 Å². The molecule has 1 atom stereocenters. The van der Waals surface area contributed by atoms with Gasteiger partial charge in [0.05, 0.1) is 0 Å². The van der Waals surface area contributed by atoms with Gasteiger partial charge >= 0.3 is 0 Å². The fourth-order valence-corrected chi connectivity index (χ4v) is 1.06. The van der Waals surface area contributed by atoms with Gasteiger partial charge in [-0.15, -0.1) is 0 Å². The fraction of sp³-hybridized carbons (Fsp3) is 0.800. The van der Waals surface area contributed by atoms with Gasteiger partial charge < -0.3 is 0 Å². The molecule has 0 rings (SSSR count). The van der Waals surface area contributed by atoms with Crippen molar-refractivity contribution < 1.29 is 0 Å². The second-order valence-electron chi connectivity index (χ2n) is 3.73. The van der Waals surface area contributed by atoms with Gasteiger partial charge in [0.2, 0.25) is 0 Å². The molecular formula is C10H21B. The summed E-state index contributed by atoms with van der Waals surface area (Å²) in [6.45, 7) is 6.61. The third kappa shape index (κ3) is 7.70. The minimum atomic E-state index is 0.917. The van der Waals surface area contributed by atoms with Crippen LogP contribution in [0.5, 0.6) is 0 Å². The maximum atomic E-state index is 2.34. The molecule has 0 aliphatic carbocycles. The van der Waals surface area contributed by atoms with Gasteiger partial charge in [0.15, 0.2) is 0 Å². The molecule has 0 saturated carbocycles. The van der Waals surface area contributed by atoms with Gasteiger partial charge in [-0.05, 0) is 20.3 Å². The largest absolute Gasteiger partial charge is 0.105 e. The van der Waals surface area contributed by atoms with Gasteiger partial charge in [0, 0.05) is 0 Å². The molecule has 0 amide bonds. The fourth-order valence-electron chi connectivity index (χ4n) is 1.06. The van der Waals surface area contributed by atoms with E-state index in [1.165, 1.54) is 31.3 Å². The number of allylic oxidation sites excluding steroid dienone is 2. The highest BCUT2D eigenvalue weighted by molar-refractivity contribution is 6.11. The monoisotopic (exact) mass is 152 g/mol. The molecule has 0 fully saturated rings. The minimum absolute atomic E-state index is 0.917. The van der Waals surface area contributed by atoms with E-state index < -0.39 is 0 Å². The molecule has 0 bridgehead atoms. The van der Waals surface area contributed by atoms with E-state index in [0.29, 0.717) is 0 Å². The van der Waals surface area contributed by atoms with Crippen LogP contribution in [0.1, 0.15) is 46.5 Å². The van der Waals surface area contributed by atoms with E-state index in [2.05, 4.69) is 34.7 Å². The average molecular weight is 152 g/mol. The van der Waals surface area contributed by atoms with Crippen LogP contribution in [0, 0.1) is 0 Å². The Morgan fingerprint density at radius 1 is 1.45 bits per heavy atom. The van der Waals surface area contributed by atoms with Crippen LogP contribution in [-0.4, -0.2) is 7.85 Å². The molecule has 11 heavy (non-hydrogen) atoms. The third-order valence-corrected chi connectivity index (χ3v) is 2.15. The summed E-state index contributed by atoms with van der Waals surface area (Å²) in [5, 5.41) is 0. The van der Waals surface area contributed by atoms with E-state index in [1.54, 1.807) is 0 Å². The molecule has 64 valence electrons. The van der Waals surface area contributed by atoms with Gasteiger partial charge in [-0.3, -0.25) is 0 Å². The van der Waals surface area contributed by atoms with Gasteiger partial charge in [-0.25, -0.2) is 0 Å². The molecule has 0 aromatic rings. The summed E-state index contributed by atoms with van der Waals surface area (Å²) in [5.74, 6) is 0.917. The molecule has 1 heteroatoms. The maximum absolute atomic E-state index is 2.34. The zero-order chi connectivity index (χ0) is 8.69. The Morgan fingerprint density at radius 2 is 2.09 bits per heavy atom. The van der Waals surface area contributed by atoms with E-state index in [9.17, 15) is 0 Å². The summed E-state index contributed by atoms with van der Waals surface area (Å²) in [6, 6.07) is 0. The normalized spacial score (nSPS) is 12.6. The molecule has 0 heterocycles. The average Bonchev–Trinajstić information content (AvgIpc) is 1.97. The van der Waals surface area contributed by atoms with Crippen molar-refractivity contribution in [2.45, 2.75) is 52.3 Å². The first kappa shape index (κ1) is 10.8. The van der Waals surface area contributed by atoms with Crippen LogP contribution in [0.25, 0.3) is 0 Å².